The molecule has 12 rings (SSSR count). The average Bonchev–Trinajstić information content (AvgIpc) is 1.74. The van der Waals surface area contributed by atoms with Crippen LogP contribution in [-0.2, 0) is 26.5 Å². The van der Waals surface area contributed by atoms with Gasteiger partial charge in [0.1, 0.15) is 5.58 Å². The van der Waals surface area contributed by atoms with Gasteiger partial charge in [-0.15, -0.1) is 47.5 Å². The van der Waals surface area contributed by atoms with Gasteiger partial charge in [0.05, 0.1) is 5.58 Å². The van der Waals surface area contributed by atoms with Gasteiger partial charge in [0.25, 0.3) is 0 Å². The van der Waals surface area contributed by atoms with Crippen LogP contribution in [0.1, 0.15) is 106 Å². The van der Waals surface area contributed by atoms with Crippen molar-refractivity contribution >= 4 is 43.5 Å². The van der Waals surface area contributed by atoms with E-state index in [0.29, 0.717) is 74.3 Å². The van der Waals surface area contributed by atoms with Crippen LogP contribution in [0.2, 0.25) is 0 Å². The molecule has 3 heterocycles. The number of aryl methyl sites for hydroxylation is 4. The topological polar surface area (TPSA) is 38.9 Å². The van der Waals surface area contributed by atoms with Crippen LogP contribution in [0.4, 0.5) is 0 Å². The van der Waals surface area contributed by atoms with Crippen LogP contribution < -0.4 is 0 Å². The first-order chi connectivity index (χ1) is 40.4. The minimum absolute atomic E-state index is 0. The standard InChI is InChI=1S/C45H36NO.C23H24N.Ir/c1-27-21-32(30-9-4-5-10-30)17-19-35(27)33-18-20-36(28(2)22-33)40-24-43(46-26-29(40)3)39-14-8-13-38-42-23-34-16-15-31-11-6-7-12-37(31)41(34)25-44(42)47-45(38)39;1-17-10-12-20(14-21(17)19-8-6-5-7-9-19)22-13-11-18(16-24-22)15-23(2,3)4;/h6-8,11-13,15-26,30H,4-5,9-10H2,1-3H3;5-11,13-14,16H,15H2,1-4H3;/q2*-1;/i1D3,2D3,3D3,30D;1D3,15D2;. The molecule has 0 spiro atoms. The molecule has 72 heavy (non-hydrogen) atoms. The van der Waals surface area contributed by atoms with Gasteiger partial charge in [-0.2, -0.15) is 0 Å². The van der Waals surface area contributed by atoms with Crippen molar-refractivity contribution in [2.45, 2.75) is 86.1 Å². The van der Waals surface area contributed by atoms with Crippen LogP contribution in [0.25, 0.3) is 99.4 Å². The SMILES string of the molecule is [2H]C([2H])([2H])c1c[c-]c(-c2ccc(C([2H])([2H])C(C)(C)C)cn2)cc1-c1ccccc1.[2H]C([2H])([2H])c1cc(C2([2H])CCCC2)ccc1-c1ccc(-c2cc(-c3[c-]ccc4c3oc3cc5c(ccc6ccccc65)cc34)ncc2C([2H])([2H])[2H])c(C([2H])([2H])[2H])c1.[Ir]. The largest absolute Gasteiger partial charge is 0.501 e. The fourth-order valence-electron chi connectivity index (χ4n) is 9.86. The van der Waals surface area contributed by atoms with Crippen LogP contribution in [0.5, 0.6) is 0 Å². The minimum Gasteiger partial charge on any atom is -0.501 e. The van der Waals surface area contributed by atoms with Crippen molar-refractivity contribution in [2.75, 3.05) is 0 Å². The maximum absolute atomic E-state index is 9.00. The van der Waals surface area contributed by atoms with E-state index in [1.54, 1.807) is 66.9 Å². The molecule has 0 atom stereocenters. The van der Waals surface area contributed by atoms with E-state index in [2.05, 4.69) is 52.4 Å². The second-order valence-electron chi connectivity index (χ2n) is 19.3. The third kappa shape index (κ3) is 9.84. The molecule has 3 aromatic heterocycles. The van der Waals surface area contributed by atoms with Crippen molar-refractivity contribution in [2.24, 2.45) is 5.41 Å². The smallest absolute Gasteiger partial charge is 0.121 e. The Hall–Kier alpha value is -6.97. The molecule has 0 amide bonds. The van der Waals surface area contributed by atoms with Crippen LogP contribution in [0.3, 0.4) is 0 Å². The monoisotopic (exact) mass is 1130 g/mol. The first-order valence-electron chi connectivity index (χ1n) is 31.5. The summed E-state index contributed by atoms with van der Waals surface area (Å²) in [4.78, 5) is 9.03. The Morgan fingerprint density at radius 2 is 1.36 bits per heavy atom. The van der Waals surface area contributed by atoms with E-state index in [1.807, 2.05) is 75.4 Å². The van der Waals surface area contributed by atoms with E-state index in [1.165, 1.54) is 18.3 Å². The van der Waals surface area contributed by atoms with E-state index in [9.17, 15) is 0 Å². The molecule has 0 unspecified atom stereocenters. The summed E-state index contributed by atoms with van der Waals surface area (Å²) >= 11 is 0. The molecule has 0 saturated heterocycles. The average molecular weight is 1130 g/mol. The number of nitrogens with zero attached hydrogens (tertiary/aromatic N) is 2. The predicted molar refractivity (Wildman–Crippen MR) is 299 cm³/mol. The Labute approximate surface area is 459 Å². The van der Waals surface area contributed by atoms with E-state index >= 15 is 0 Å². The maximum Gasteiger partial charge on any atom is 0.121 e. The molecule has 11 aromatic rings. The number of rotatable bonds is 7. The number of furan rings is 1. The number of pyridine rings is 2. The maximum atomic E-state index is 9.00. The zero-order valence-corrected chi connectivity index (χ0v) is 42.5. The number of hydrogen-bond donors (Lipinski definition) is 0. The predicted octanol–water partition coefficient (Wildman–Crippen LogP) is 18.8. The van der Waals surface area contributed by atoms with Gasteiger partial charge in [-0.25, -0.2) is 0 Å². The van der Waals surface area contributed by atoms with Gasteiger partial charge in [0.2, 0.25) is 0 Å². The zero-order chi connectivity index (χ0) is 61.5. The first kappa shape index (κ1) is 33.6. The van der Waals surface area contributed by atoms with Crippen molar-refractivity contribution in [3.05, 3.63) is 216 Å². The quantitative estimate of drug-likeness (QED) is 0.118. The van der Waals surface area contributed by atoms with Gasteiger partial charge >= 0.3 is 0 Å². The van der Waals surface area contributed by atoms with Gasteiger partial charge in [-0.3, -0.25) is 0 Å². The second-order valence-corrected chi connectivity index (χ2v) is 19.3. The molecule has 8 aromatic carbocycles. The number of benzene rings is 8. The van der Waals surface area contributed by atoms with E-state index < -0.39 is 45.1 Å². The number of aromatic nitrogens is 2. The van der Waals surface area contributed by atoms with Crippen molar-refractivity contribution in [3.63, 3.8) is 0 Å². The summed E-state index contributed by atoms with van der Waals surface area (Å²) in [5.74, 6) is -0.871. The molecule has 0 aliphatic heterocycles. The van der Waals surface area contributed by atoms with Crippen LogP contribution >= 0.6 is 0 Å². The third-order valence-corrected chi connectivity index (χ3v) is 13.3. The van der Waals surface area contributed by atoms with E-state index in [0.717, 1.165) is 50.7 Å². The van der Waals surface area contributed by atoms with Crippen molar-refractivity contribution < 1.29 is 45.1 Å². The Morgan fingerprint density at radius 1 is 0.597 bits per heavy atom. The molecule has 1 saturated carbocycles. The Morgan fingerprint density at radius 3 is 2.15 bits per heavy atom. The number of hydrogen-bond acceptors (Lipinski definition) is 3. The normalized spacial score (nSPS) is 17.3. The van der Waals surface area contributed by atoms with Gasteiger partial charge in [-0.05, 0) is 152 Å². The van der Waals surface area contributed by atoms with Crippen molar-refractivity contribution in [3.8, 4) is 55.9 Å². The number of fused-ring (bicyclic) bond motifs is 6. The third-order valence-electron chi connectivity index (χ3n) is 13.3. The Bertz CT molecular complexity index is 4380. The van der Waals surface area contributed by atoms with Crippen molar-refractivity contribution in [1.29, 1.82) is 0 Å². The molecule has 1 aliphatic carbocycles. The zero-order valence-electron chi connectivity index (χ0n) is 55.1. The van der Waals surface area contributed by atoms with Crippen LogP contribution in [0, 0.1) is 45.0 Å². The molecule has 0 bridgehead atoms. The van der Waals surface area contributed by atoms with E-state index in [-0.39, 0.29) is 53.5 Å². The molecular formula is C68H60IrN2O-2. The van der Waals surface area contributed by atoms with Gasteiger partial charge in [0, 0.05) is 58.4 Å². The van der Waals surface area contributed by atoms with Gasteiger partial charge < -0.3 is 14.4 Å². The van der Waals surface area contributed by atoms with E-state index in [4.69, 9.17) is 25.0 Å². The molecule has 0 N–H and O–H groups in total. The van der Waals surface area contributed by atoms with Crippen molar-refractivity contribution in [1.82, 2.24) is 9.97 Å². The molecule has 359 valence electrons. The van der Waals surface area contributed by atoms with Gasteiger partial charge in [0.15, 0.2) is 0 Å². The Balaban J connectivity index is 0.000000236. The van der Waals surface area contributed by atoms with Gasteiger partial charge in [-0.1, -0.05) is 178 Å². The van der Waals surface area contributed by atoms with Crippen LogP contribution in [0.15, 0.2) is 175 Å². The fourth-order valence-corrected chi connectivity index (χ4v) is 9.86. The summed E-state index contributed by atoms with van der Waals surface area (Å²) in [6, 6.07) is 53.8. The Kier molecular flexibility index (Phi) is 9.47. The molecule has 3 nitrogen and oxygen atoms in total. The molecule has 1 aliphatic rings. The summed E-state index contributed by atoms with van der Waals surface area (Å²) in [5, 5.41) is 6.03. The molecule has 1 fully saturated rings. The molecule has 4 heteroatoms. The summed E-state index contributed by atoms with van der Waals surface area (Å²) in [7, 11) is 0. The summed E-state index contributed by atoms with van der Waals surface area (Å²) < 4.78 is 132. The molecule has 1 radical (unpaired) electrons. The molecular weight excluding hydrogens is 1050 g/mol. The summed E-state index contributed by atoms with van der Waals surface area (Å²) in [6.45, 7) is -4.59. The first-order valence-corrected chi connectivity index (χ1v) is 24.0. The minimum atomic E-state index is -2.72. The summed E-state index contributed by atoms with van der Waals surface area (Å²) in [5.41, 5.74) is 6.30. The second kappa shape index (κ2) is 20.3. The van der Waals surface area contributed by atoms with Crippen LogP contribution in [-0.4, -0.2) is 9.97 Å². The fraction of sp³-hybridized carbons (Fsp3) is 0.206. The summed E-state index contributed by atoms with van der Waals surface area (Å²) in [6.07, 6.45) is 4.36.